The van der Waals surface area contributed by atoms with Crippen molar-refractivity contribution in [3.8, 4) is 0 Å². The molecule has 0 aromatic heterocycles. The van der Waals surface area contributed by atoms with E-state index in [0.717, 1.165) is 21.8 Å². The van der Waals surface area contributed by atoms with Crippen LogP contribution in [0.3, 0.4) is 0 Å². The third-order valence-corrected chi connectivity index (χ3v) is 6.57. The number of nitrogens with one attached hydrogen (secondary N) is 3. The molecular formula is C27H22ClN3OS2. The van der Waals surface area contributed by atoms with E-state index in [1.807, 2.05) is 84.9 Å². The van der Waals surface area contributed by atoms with E-state index in [-0.39, 0.29) is 5.91 Å². The largest absolute Gasteiger partial charge is 0.332 e. The van der Waals surface area contributed by atoms with Crippen molar-refractivity contribution in [3.05, 3.63) is 120 Å². The number of amides is 1. The van der Waals surface area contributed by atoms with Gasteiger partial charge in [0.05, 0.1) is 0 Å². The predicted molar refractivity (Wildman–Crippen MR) is 148 cm³/mol. The van der Waals surface area contributed by atoms with Crippen LogP contribution in [0.15, 0.2) is 114 Å². The highest BCUT2D eigenvalue weighted by atomic mass is 35.5. The second-order valence-corrected chi connectivity index (χ2v) is 9.40. The zero-order chi connectivity index (χ0) is 23.8. The molecule has 0 fully saturated rings. The van der Waals surface area contributed by atoms with Crippen molar-refractivity contribution < 1.29 is 4.79 Å². The van der Waals surface area contributed by atoms with E-state index >= 15 is 0 Å². The van der Waals surface area contributed by atoms with Gasteiger partial charge in [0.15, 0.2) is 5.11 Å². The van der Waals surface area contributed by atoms with Crippen LogP contribution in [0.25, 0.3) is 0 Å². The molecule has 34 heavy (non-hydrogen) atoms. The highest BCUT2D eigenvalue weighted by molar-refractivity contribution is 8.00. The molecule has 0 saturated carbocycles. The van der Waals surface area contributed by atoms with Gasteiger partial charge in [0.2, 0.25) is 5.91 Å². The average molecular weight is 504 g/mol. The van der Waals surface area contributed by atoms with Gasteiger partial charge >= 0.3 is 0 Å². The molecule has 0 bridgehead atoms. The maximum atomic E-state index is 13.2. The first-order valence-electron chi connectivity index (χ1n) is 10.6. The maximum absolute atomic E-state index is 13.2. The molecule has 1 amide bonds. The molecule has 3 N–H and O–H groups in total. The van der Waals surface area contributed by atoms with E-state index in [1.165, 1.54) is 11.8 Å². The van der Waals surface area contributed by atoms with Crippen LogP contribution < -0.4 is 16.0 Å². The van der Waals surface area contributed by atoms with Gasteiger partial charge in [-0.3, -0.25) is 4.79 Å². The van der Waals surface area contributed by atoms with Gasteiger partial charge in [0.1, 0.15) is 5.25 Å². The SMILES string of the molecule is O=C(Nc1ccc(Cl)cc1)C(Sc1ccc(NC(=S)Nc2ccccc2)cc1)c1ccccc1. The van der Waals surface area contributed by atoms with Crippen LogP contribution in [0.4, 0.5) is 17.1 Å². The number of carbonyl (C=O) groups excluding carboxylic acids is 1. The Morgan fingerprint density at radius 3 is 1.79 bits per heavy atom. The molecular weight excluding hydrogens is 482 g/mol. The fraction of sp³-hybridized carbons (Fsp3) is 0.0370. The van der Waals surface area contributed by atoms with Gasteiger partial charge in [0.25, 0.3) is 0 Å². The summed E-state index contributed by atoms with van der Waals surface area (Å²) in [5.41, 5.74) is 3.41. The second-order valence-electron chi connectivity index (χ2n) is 7.37. The Labute approximate surface area is 213 Å². The quantitative estimate of drug-likeness (QED) is 0.179. The van der Waals surface area contributed by atoms with Gasteiger partial charge < -0.3 is 16.0 Å². The molecule has 0 spiro atoms. The third kappa shape index (κ3) is 6.84. The lowest BCUT2D eigenvalue weighted by Crippen LogP contribution is -2.19. The fourth-order valence-corrected chi connectivity index (χ4v) is 4.60. The van der Waals surface area contributed by atoms with E-state index in [1.54, 1.807) is 24.3 Å². The molecule has 0 aliphatic heterocycles. The Hall–Kier alpha value is -3.32. The van der Waals surface area contributed by atoms with Crippen LogP contribution in [0.2, 0.25) is 5.02 Å². The minimum Gasteiger partial charge on any atom is -0.332 e. The summed E-state index contributed by atoms with van der Waals surface area (Å²) in [6, 6.07) is 34.4. The third-order valence-electron chi connectivity index (χ3n) is 4.85. The summed E-state index contributed by atoms with van der Waals surface area (Å²) in [5.74, 6) is -0.103. The maximum Gasteiger partial charge on any atom is 0.242 e. The first-order chi connectivity index (χ1) is 16.6. The summed E-state index contributed by atoms with van der Waals surface area (Å²) in [6.07, 6.45) is 0. The summed E-state index contributed by atoms with van der Waals surface area (Å²) in [4.78, 5) is 14.2. The number of rotatable bonds is 7. The zero-order valence-electron chi connectivity index (χ0n) is 18.1. The number of halogens is 1. The first-order valence-corrected chi connectivity index (χ1v) is 12.2. The van der Waals surface area contributed by atoms with E-state index in [2.05, 4.69) is 16.0 Å². The number of anilines is 3. The van der Waals surface area contributed by atoms with Crippen molar-refractivity contribution in [3.63, 3.8) is 0 Å². The lowest BCUT2D eigenvalue weighted by molar-refractivity contribution is -0.115. The molecule has 0 radical (unpaired) electrons. The Bertz CT molecular complexity index is 1230. The molecule has 170 valence electrons. The first kappa shape index (κ1) is 23.8. The van der Waals surface area contributed by atoms with Crippen molar-refractivity contribution in [1.29, 1.82) is 0 Å². The van der Waals surface area contributed by atoms with Crippen LogP contribution in [-0.4, -0.2) is 11.0 Å². The van der Waals surface area contributed by atoms with Crippen molar-refractivity contribution in [2.24, 2.45) is 0 Å². The van der Waals surface area contributed by atoms with Crippen molar-refractivity contribution >= 4 is 63.7 Å². The second kappa shape index (κ2) is 11.7. The van der Waals surface area contributed by atoms with E-state index < -0.39 is 5.25 Å². The van der Waals surface area contributed by atoms with Crippen molar-refractivity contribution in [2.75, 3.05) is 16.0 Å². The topological polar surface area (TPSA) is 53.2 Å². The van der Waals surface area contributed by atoms with Gasteiger partial charge in [-0.1, -0.05) is 60.1 Å². The molecule has 0 aliphatic rings. The Morgan fingerprint density at radius 1 is 0.676 bits per heavy atom. The minimum atomic E-state index is -0.420. The molecule has 0 aliphatic carbocycles. The summed E-state index contributed by atoms with van der Waals surface area (Å²) >= 11 is 12.9. The van der Waals surface area contributed by atoms with E-state index in [0.29, 0.717) is 15.8 Å². The van der Waals surface area contributed by atoms with Crippen LogP contribution in [0, 0.1) is 0 Å². The van der Waals surface area contributed by atoms with Gasteiger partial charge in [0, 0.05) is 27.0 Å². The zero-order valence-corrected chi connectivity index (χ0v) is 20.5. The molecule has 1 unspecified atom stereocenters. The standard InChI is InChI=1S/C27H22ClN3OS2/c28-20-11-13-22(14-12-20)29-26(32)25(19-7-3-1-4-8-19)34-24-17-15-23(16-18-24)31-27(33)30-21-9-5-2-6-10-21/h1-18,25H,(H,29,32)(H2,30,31,33). The summed E-state index contributed by atoms with van der Waals surface area (Å²) in [5, 5.41) is 10.0. The van der Waals surface area contributed by atoms with Gasteiger partial charge in [-0.2, -0.15) is 0 Å². The molecule has 7 heteroatoms. The van der Waals surface area contributed by atoms with Gasteiger partial charge in [-0.25, -0.2) is 0 Å². The van der Waals surface area contributed by atoms with Gasteiger partial charge in [-0.15, -0.1) is 11.8 Å². The molecule has 0 saturated heterocycles. The normalized spacial score (nSPS) is 11.3. The summed E-state index contributed by atoms with van der Waals surface area (Å²) in [6.45, 7) is 0. The van der Waals surface area contributed by atoms with E-state index in [9.17, 15) is 4.79 Å². The lowest BCUT2D eigenvalue weighted by Gasteiger charge is -2.17. The average Bonchev–Trinajstić information content (AvgIpc) is 2.86. The lowest BCUT2D eigenvalue weighted by atomic mass is 10.1. The van der Waals surface area contributed by atoms with E-state index in [4.69, 9.17) is 23.8 Å². The molecule has 1 atom stereocenters. The van der Waals surface area contributed by atoms with Gasteiger partial charge in [-0.05, 0) is 78.4 Å². The molecule has 4 aromatic carbocycles. The highest BCUT2D eigenvalue weighted by Crippen LogP contribution is 2.36. The fourth-order valence-electron chi connectivity index (χ4n) is 3.21. The smallest absolute Gasteiger partial charge is 0.242 e. The number of para-hydroxylation sites is 1. The number of thioether (sulfide) groups is 1. The van der Waals surface area contributed by atoms with Crippen LogP contribution in [-0.2, 0) is 4.79 Å². The van der Waals surface area contributed by atoms with Crippen LogP contribution in [0.5, 0.6) is 0 Å². The summed E-state index contributed by atoms with van der Waals surface area (Å²) in [7, 11) is 0. The summed E-state index contributed by atoms with van der Waals surface area (Å²) < 4.78 is 0. The minimum absolute atomic E-state index is 0.103. The number of hydrogen-bond acceptors (Lipinski definition) is 3. The molecule has 4 aromatic rings. The number of carbonyl (C=O) groups is 1. The number of thiocarbonyl (C=S) groups is 1. The van der Waals surface area contributed by atoms with Crippen molar-refractivity contribution in [1.82, 2.24) is 0 Å². The van der Waals surface area contributed by atoms with Crippen LogP contribution >= 0.6 is 35.6 Å². The Kier molecular flexibility index (Phi) is 8.20. The molecule has 4 nitrogen and oxygen atoms in total. The monoisotopic (exact) mass is 503 g/mol. The molecule has 0 heterocycles. The van der Waals surface area contributed by atoms with Crippen molar-refractivity contribution in [2.45, 2.75) is 10.1 Å². The number of benzene rings is 4. The van der Waals surface area contributed by atoms with Crippen LogP contribution in [0.1, 0.15) is 10.8 Å². The molecule has 4 rings (SSSR count). The highest BCUT2D eigenvalue weighted by Gasteiger charge is 2.22. The Balaban J connectivity index is 1.44. The Morgan fingerprint density at radius 2 is 1.18 bits per heavy atom. The number of hydrogen-bond donors (Lipinski definition) is 3. The predicted octanol–water partition coefficient (Wildman–Crippen LogP) is 7.62.